The molecule has 0 radical (unpaired) electrons. The molecule has 7 nitrogen and oxygen atoms in total. The van der Waals surface area contributed by atoms with E-state index in [4.69, 9.17) is 0 Å². The topological polar surface area (TPSA) is 79.3 Å². The third-order valence-corrected chi connectivity index (χ3v) is 5.49. The van der Waals surface area contributed by atoms with Crippen molar-refractivity contribution in [2.75, 3.05) is 27.2 Å². The maximum Gasteiger partial charge on any atom is 0.272 e. The predicted molar refractivity (Wildman–Crippen MR) is 114 cm³/mol. The minimum atomic E-state index is -0.136. The number of fused-ring (bicyclic) bond motifs is 1. The lowest BCUT2D eigenvalue weighted by Crippen LogP contribution is -2.40. The van der Waals surface area contributed by atoms with Gasteiger partial charge in [0.05, 0.1) is 11.1 Å². The Labute approximate surface area is 175 Å². The lowest BCUT2D eigenvalue weighted by atomic mass is 9.92. The molecule has 1 aliphatic heterocycles. The minimum absolute atomic E-state index is 0.0177. The van der Waals surface area contributed by atoms with Crippen LogP contribution in [0.3, 0.4) is 0 Å². The molecule has 0 bridgehead atoms. The van der Waals surface area contributed by atoms with Crippen LogP contribution in [0, 0.1) is 5.92 Å². The second-order valence-electron chi connectivity index (χ2n) is 7.97. The molecule has 30 heavy (non-hydrogen) atoms. The van der Waals surface area contributed by atoms with Crippen LogP contribution < -0.4 is 0 Å². The van der Waals surface area contributed by atoms with Crippen LogP contribution in [0.1, 0.15) is 39.4 Å². The summed E-state index contributed by atoms with van der Waals surface area (Å²) in [7, 11) is 3.41. The lowest BCUT2D eigenvalue weighted by molar-refractivity contribution is 0.0672. The van der Waals surface area contributed by atoms with Gasteiger partial charge >= 0.3 is 0 Å². The fraction of sp³-hybridized carbons (Fsp3) is 0.348. The Morgan fingerprint density at radius 1 is 1.13 bits per heavy atom. The van der Waals surface area contributed by atoms with Crippen molar-refractivity contribution in [3.8, 4) is 0 Å². The van der Waals surface area contributed by atoms with Gasteiger partial charge in [0.1, 0.15) is 12.0 Å². The maximum absolute atomic E-state index is 13.1. The molecule has 0 aliphatic carbocycles. The Kier molecular flexibility index (Phi) is 5.70. The van der Waals surface area contributed by atoms with Crippen LogP contribution in [0.4, 0.5) is 0 Å². The monoisotopic (exact) mass is 403 g/mol. The maximum atomic E-state index is 13.1. The zero-order chi connectivity index (χ0) is 21.1. The summed E-state index contributed by atoms with van der Waals surface area (Å²) in [5.41, 5.74) is 2.74. The van der Waals surface area contributed by atoms with Gasteiger partial charge in [0, 0.05) is 44.5 Å². The van der Waals surface area contributed by atoms with Gasteiger partial charge < -0.3 is 9.80 Å². The van der Waals surface area contributed by atoms with E-state index >= 15 is 0 Å². The van der Waals surface area contributed by atoms with Gasteiger partial charge in [0.25, 0.3) is 11.8 Å². The summed E-state index contributed by atoms with van der Waals surface area (Å²) in [5.74, 6) is 0.181. The highest BCUT2D eigenvalue weighted by Gasteiger charge is 2.25. The first-order chi connectivity index (χ1) is 14.5. The molecule has 0 spiro atoms. The summed E-state index contributed by atoms with van der Waals surface area (Å²) in [6.45, 7) is 1.42. The predicted octanol–water partition coefficient (Wildman–Crippen LogP) is 2.82. The van der Waals surface area contributed by atoms with E-state index in [1.165, 1.54) is 11.2 Å². The third kappa shape index (κ3) is 4.30. The summed E-state index contributed by atoms with van der Waals surface area (Å²) < 4.78 is 0. The number of carbonyl (C=O) groups excluding carboxylic acids is 2. The Balaban J connectivity index is 1.46. The van der Waals surface area contributed by atoms with Crippen molar-refractivity contribution in [1.82, 2.24) is 24.8 Å². The molecular formula is C23H25N5O2. The van der Waals surface area contributed by atoms with Crippen LogP contribution in [0.5, 0.6) is 0 Å². The number of amides is 2. The SMILES string of the molecule is CN(C)C(=O)c1cc(CC2CCCN(C(=O)c3cnc4ccccc4c3)C2)ncn1. The first-order valence-corrected chi connectivity index (χ1v) is 10.2. The number of rotatable bonds is 4. The van der Waals surface area contributed by atoms with Crippen molar-refractivity contribution < 1.29 is 9.59 Å². The summed E-state index contributed by atoms with van der Waals surface area (Å²) in [4.78, 5) is 41.5. The number of aromatic nitrogens is 3. The second kappa shape index (κ2) is 8.57. The molecule has 0 saturated carbocycles. The van der Waals surface area contributed by atoms with Gasteiger partial charge in [-0.1, -0.05) is 18.2 Å². The molecule has 3 aromatic rings. The van der Waals surface area contributed by atoms with Crippen LogP contribution in [-0.2, 0) is 6.42 Å². The minimum Gasteiger partial charge on any atom is -0.343 e. The molecule has 0 N–H and O–H groups in total. The van der Waals surface area contributed by atoms with Crippen molar-refractivity contribution in [3.63, 3.8) is 0 Å². The number of piperidine rings is 1. The van der Waals surface area contributed by atoms with E-state index in [1.807, 2.05) is 35.2 Å². The van der Waals surface area contributed by atoms with Crippen LogP contribution >= 0.6 is 0 Å². The van der Waals surface area contributed by atoms with Crippen molar-refractivity contribution in [2.24, 2.45) is 5.92 Å². The molecule has 1 unspecified atom stereocenters. The van der Waals surface area contributed by atoms with Gasteiger partial charge in [-0.25, -0.2) is 9.97 Å². The van der Waals surface area contributed by atoms with Crippen molar-refractivity contribution in [1.29, 1.82) is 0 Å². The van der Waals surface area contributed by atoms with Crippen LogP contribution in [0.15, 0.2) is 48.9 Å². The largest absolute Gasteiger partial charge is 0.343 e. The normalized spacial score (nSPS) is 16.5. The first-order valence-electron chi connectivity index (χ1n) is 10.2. The molecular weight excluding hydrogens is 378 g/mol. The van der Waals surface area contributed by atoms with Gasteiger partial charge in [0.2, 0.25) is 0 Å². The average molecular weight is 403 g/mol. The van der Waals surface area contributed by atoms with Crippen LogP contribution in [-0.4, -0.2) is 63.8 Å². The summed E-state index contributed by atoms with van der Waals surface area (Å²) in [5, 5.41) is 0.969. The van der Waals surface area contributed by atoms with E-state index in [0.717, 1.165) is 42.4 Å². The van der Waals surface area contributed by atoms with Crippen molar-refractivity contribution in [2.45, 2.75) is 19.3 Å². The quantitative estimate of drug-likeness (QED) is 0.669. The Morgan fingerprint density at radius 3 is 2.80 bits per heavy atom. The molecule has 1 fully saturated rings. The number of hydrogen-bond donors (Lipinski definition) is 0. The average Bonchev–Trinajstić information content (AvgIpc) is 2.78. The van der Waals surface area contributed by atoms with Gasteiger partial charge in [0.15, 0.2) is 0 Å². The van der Waals surface area contributed by atoms with E-state index in [9.17, 15) is 9.59 Å². The highest BCUT2D eigenvalue weighted by Crippen LogP contribution is 2.23. The fourth-order valence-electron chi connectivity index (χ4n) is 3.94. The Morgan fingerprint density at radius 2 is 1.97 bits per heavy atom. The van der Waals surface area contributed by atoms with Gasteiger partial charge in [-0.05, 0) is 43.4 Å². The van der Waals surface area contributed by atoms with E-state index < -0.39 is 0 Å². The highest BCUT2D eigenvalue weighted by molar-refractivity contribution is 5.97. The van der Waals surface area contributed by atoms with Crippen molar-refractivity contribution >= 4 is 22.7 Å². The number of benzene rings is 1. The van der Waals surface area contributed by atoms with Gasteiger partial charge in [-0.15, -0.1) is 0 Å². The molecule has 2 amide bonds. The van der Waals surface area contributed by atoms with Gasteiger partial charge in [-0.2, -0.15) is 0 Å². The molecule has 7 heteroatoms. The molecule has 2 aromatic heterocycles. The molecule has 4 rings (SSSR count). The van der Waals surface area contributed by atoms with E-state index in [-0.39, 0.29) is 11.8 Å². The first kappa shape index (κ1) is 19.9. The third-order valence-electron chi connectivity index (χ3n) is 5.49. The fourth-order valence-corrected chi connectivity index (χ4v) is 3.94. The smallest absolute Gasteiger partial charge is 0.272 e. The molecule has 154 valence electrons. The number of hydrogen-bond acceptors (Lipinski definition) is 5. The standard InChI is InChI=1S/C23H25N5O2/c1-27(2)23(30)21-12-19(25-15-26-21)10-16-6-5-9-28(14-16)22(29)18-11-17-7-3-4-8-20(17)24-13-18/h3-4,7-8,11-13,15-16H,5-6,9-10,14H2,1-2H3. The zero-order valence-electron chi connectivity index (χ0n) is 17.3. The molecule has 1 saturated heterocycles. The van der Waals surface area contributed by atoms with Crippen molar-refractivity contribution in [3.05, 3.63) is 65.9 Å². The van der Waals surface area contributed by atoms with E-state index in [1.54, 1.807) is 26.4 Å². The lowest BCUT2D eigenvalue weighted by Gasteiger charge is -2.32. The summed E-state index contributed by atoms with van der Waals surface area (Å²) in [6, 6.07) is 11.5. The van der Waals surface area contributed by atoms with E-state index in [0.29, 0.717) is 23.7 Å². The van der Waals surface area contributed by atoms with Crippen LogP contribution in [0.25, 0.3) is 10.9 Å². The second-order valence-corrected chi connectivity index (χ2v) is 7.97. The Bertz CT molecular complexity index is 1080. The molecule has 3 heterocycles. The van der Waals surface area contributed by atoms with Gasteiger partial charge in [-0.3, -0.25) is 14.6 Å². The number of para-hydroxylation sites is 1. The number of nitrogens with zero attached hydrogens (tertiary/aromatic N) is 5. The van der Waals surface area contributed by atoms with E-state index in [2.05, 4.69) is 15.0 Å². The summed E-state index contributed by atoms with van der Waals surface area (Å²) >= 11 is 0. The Hall–Kier alpha value is -3.35. The summed E-state index contributed by atoms with van der Waals surface area (Å²) in [6.07, 6.45) is 5.80. The molecule has 1 atom stereocenters. The number of carbonyl (C=O) groups is 2. The number of likely N-dealkylation sites (tertiary alicyclic amines) is 1. The molecule has 1 aliphatic rings. The zero-order valence-corrected chi connectivity index (χ0v) is 17.3. The molecule has 1 aromatic carbocycles. The number of pyridine rings is 1. The van der Waals surface area contributed by atoms with Crippen LogP contribution in [0.2, 0.25) is 0 Å². The highest BCUT2D eigenvalue weighted by atomic mass is 16.2.